The number of aromatic hydroxyl groups is 2. The highest BCUT2D eigenvalue weighted by Crippen LogP contribution is 2.43. The summed E-state index contributed by atoms with van der Waals surface area (Å²) in [4.78, 5) is 24.7. The Hall–Kier alpha value is -3.76. The molecular formula is C28H30Cl2N6O4. The highest BCUT2D eigenvalue weighted by Gasteiger charge is 2.20. The number of benzene rings is 2. The molecule has 2 aromatic carbocycles. The SMILES string of the molecule is CC(C)n1c(O)c(N=NC(=O)CCCCC(=O)N=Nc2c(O)n(C(C)C)c3ccc(Cl)cc23)c2cc(Cl)ccc21. The Kier molecular flexibility index (Phi) is 8.90. The number of unbranched alkanes of at least 4 members (excludes halogenated alkanes) is 1. The van der Waals surface area contributed by atoms with Crippen LogP contribution in [0.3, 0.4) is 0 Å². The van der Waals surface area contributed by atoms with Crippen molar-refractivity contribution >= 4 is 68.2 Å². The lowest BCUT2D eigenvalue weighted by Gasteiger charge is -2.10. The smallest absolute Gasteiger partial charge is 0.264 e. The summed E-state index contributed by atoms with van der Waals surface area (Å²) in [7, 11) is 0. The number of nitrogens with zero attached hydrogens (tertiary/aromatic N) is 6. The molecule has 12 heteroatoms. The Balaban J connectivity index is 1.36. The summed E-state index contributed by atoms with van der Waals surface area (Å²) in [5.74, 6) is -1.15. The average molecular weight is 585 g/mol. The van der Waals surface area contributed by atoms with Crippen LogP contribution in [-0.4, -0.2) is 31.2 Å². The van der Waals surface area contributed by atoms with Crippen molar-refractivity contribution in [3.05, 3.63) is 46.4 Å². The number of azo groups is 2. The van der Waals surface area contributed by atoms with Crippen LogP contribution < -0.4 is 0 Å². The third-order valence-corrected chi connectivity index (χ3v) is 6.88. The van der Waals surface area contributed by atoms with Gasteiger partial charge in [0.05, 0.1) is 11.0 Å². The van der Waals surface area contributed by atoms with Gasteiger partial charge in [0.15, 0.2) is 11.4 Å². The molecule has 0 saturated heterocycles. The number of carbonyl (C=O) groups is 2. The van der Waals surface area contributed by atoms with Crippen molar-refractivity contribution in [3.63, 3.8) is 0 Å². The van der Waals surface area contributed by atoms with E-state index in [0.717, 1.165) is 11.0 Å². The topological polar surface area (TPSA) is 134 Å². The van der Waals surface area contributed by atoms with Gasteiger partial charge in [0.25, 0.3) is 11.8 Å². The number of amides is 2. The summed E-state index contributed by atoms with van der Waals surface area (Å²) in [5, 5.41) is 39.1. The van der Waals surface area contributed by atoms with Crippen LogP contribution in [-0.2, 0) is 9.59 Å². The van der Waals surface area contributed by atoms with Gasteiger partial charge in [0.1, 0.15) is 0 Å². The van der Waals surface area contributed by atoms with Crippen LogP contribution in [0.15, 0.2) is 56.9 Å². The van der Waals surface area contributed by atoms with E-state index in [-0.39, 0.29) is 48.1 Å². The van der Waals surface area contributed by atoms with E-state index in [0.29, 0.717) is 33.7 Å². The van der Waals surface area contributed by atoms with E-state index in [1.54, 1.807) is 45.5 Å². The van der Waals surface area contributed by atoms with Gasteiger partial charge in [-0.3, -0.25) is 9.59 Å². The normalized spacial score (nSPS) is 12.3. The van der Waals surface area contributed by atoms with E-state index in [2.05, 4.69) is 20.5 Å². The first-order chi connectivity index (χ1) is 19.0. The third-order valence-electron chi connectivity index (χ3n) is 6.41. The van der Waals surface area contributed by atoms with Crippen molar-refractivity contribution in [3.8, 4) is 11.8 Å². The summed E-state index contributed by atoms with van der Waals surface area (Å²) in [5.41, 5.74) is 1.82. The van der Waals surface area contributed by atoms with Crippen molar-refractivity contribution in [2.45, 2.75) is 65.5 Å². The quantitative estimate of drug-likeness (QED) is 0.150. The molecular weight excluding hydrogens is 555 g/mol. The maximum Gasteiger partial charge on any atom is 0.264 e. The fraction of sp³-hybridized carbons (Fsp3) is 0.357. The molecule has 2 N–H and O–H groups in total. The highest BCUT2D eigenvalue weighted by molar-refractivity contribution is 6.32. The van der Waals surface area contributed by atoms with E-state index >= 15 is 0 Å². The zero-order chi connectivity index (χ0) is 29.1. The number of hydrogen-bond acceptors (Lipinski definition) is 6. The largest absolute Gasteiger partial charge is 0.493 e. The van der Waals surface area contributed by atoms with Gasteiger partial charge < -0.3 is 19.3 Å². The molecule has 4 rings (SSSR count). The third kappa shape index (κ3) is 6.03. The molecule has 0 fully saturated rings. The molecule has 10 nitrogen and oxygen atoms in total. The molecule has 0 aliphatic rings. The van der Waals surface area contributed by atoms with Crippen LogP contribution in [0.4, 0.5) is 11.4 Å². The lowest BCUT2D eigenvalue weighted by molar-refractivity contribution is -0.120. The summed E-state index contributed by atoms with van der Waals surface area (Å²) >= 11 is 12.2. The second-order valence-corrected chi connectivity index (χ2v) is 10.9. The van der Waals surface area contributed by atoms with Crippen molar-refractivity contribution in [1.82, 2.24) is 9.13 Å². The molecule has 210 valence electrons. The summed E-state index contributed by atoms with van der Waals surface area (Å²) in [6.45, 7) is 7.68. The Bertz CT molecular complexity index is 1530. The van der Waals surface area contributed by atoms with Crippen molar-refractivity contribution < 1.29 is 19.8 Å². The van der Waals surface area contributed by atoms with Crippen LogP contribution in [0.2, 0.25) is 10.0 Å². The highest BCUT2D eigenvalue weighted by atomic mass is 35.5. The van der Waals surface area contributed by atoms with E-state index in [9.17, 15) is 19.8 Å². The van der Waals surface area contributed by atoms with Crippen LogP contribution in [0.5, 0.6) is 11.8 Å². The summed E-state index contributed by atoms with van der Waals surface area (Å²) in [6, 6.07) is 10.3. The Morgan fingerprint density at radius 2 is 1.10 bits per heavy atom. The number of carbonyl (C=O) groups excluding carboxylic acids is 2. The van der Waals surface area contributed by atoms with Crippen LogP contribution in [0.1, 0.15) is 65.5 Å². The average Bonchev–Trinajstić information content (AvgIpc) is 3.32. The number of halogens is 2. The van der Waals surface area contributed by atoms with Gasteiger partial charge in [-0.1, -0.05) is 23.2 Å². The second-order valence-electron chi connectivity index (χ2n) is 9.99. The predicted molar refractivity (Wildman–Crippen MR) is 156 cm³/mol. The lowest BCUT2D eigenvalue weighted by Crippen LogP contribution is -1.99. The summed E-state index contributed by atoms with van der Waals surface area (Å²) in [6.07, 6.45) is 0.912. The van der Waals surface area contributed by atoms with Gasteiger partial charge in [0.2, 0.25) is 11.8 Å². The Morgan fingerprint density at radius 3 is 1.45 bits per heavy atom. The van der Waals surface area contributed by atoms with Gasteiger partial charge in [-0.05, 0) is 76.9 Å². The molecule has 0 spiro atoms. The van der Waals surface area contributed by atoms with Crippen LogP contribution in [0, 0.1) is 0 Å². The summed E-state index contributed by atoms with van der Waals surface area (Å²) < 4.78 is 3.39. The lowest BCUT2D eigenvalue weighted by atomic mass is 10.2. The standard InChI is InChI=1S/C28H30Cl2N6O4/c1-15(2)35-21-11-9-17(29)13-19(21)25(27(35)39)33-31-23(37)7-5-6-8-24(38)32-34-26-20-14-18(30)10-12-22(20)36(16(3)4)28(26)40/h9-16,39-40H,5-8H2,1-4H3. The minimum atomic E-state index is -0.482. The molecule has 0 saturated carbocycles. The maximum atomic E-state index is 12.3. The minimum Gasteiger partial charge on any atom is -0.493 e. The monoisotopic (exact) mass is 584 g/mol. The van der Waals surface area contributed by atoms with Crippen molar-refractivity contribution in [2.24, 2.45) is 20.5 Å². The van der Waals surface area contributed by atoms with Crippen LogP contribution in [0.25, 0.3) is 21.8 Å². The van der Waals surface area contributed by atoms with Crippen molar-refractivity contribution in [1.29, 1.82) is 0 Å². The number of aromatic nitrogens is 2. The molecule has 40 heavy (non-hydrogen) atoms. The molecule has 0 bridgehead atoms. The molecule has 0 unspecified atom stereocenters. The maximum absolute atomic E-state index is 12.3. The molecule has 2 amide bonds. The molecule has 2 aromatic heterocycles. The van der Waals surface area contributed by atoms with E-state index in [1.165, 1.54) is 0 Å². The number of fused-ring (bicyclic) bond motifs is 2. The van der Waals surface area contributed by atoms with E-state index < -0.39 is 11.8 Å². The van der Waals surface area contributed by atoms with Gasteiger partial charge in [-0.25, -0.2) is 0 Å². The first-order valence-electron chi connectivity index (χ1n) is 12.9. The number of hydrogen-bond donors (Lipinski definition) is 2. The predicted octanol–water partition coefficient (Wildman–Crippen LogP) is 8.96. The molecule has 0 aliphatic carbocycles. The van der Waals surface area contributed by atoms with E-state index in [4.69, 9.17) is 23.2 Å². The molecule has 4 aromatic rings. The molecule has 0 atom stereocenters. The fourth-order valence-corrected chi connectivity index (χ4v) is 4.96. The first-order valence-corrected chi connectivity index (χ1v) is 13.7. The zero-order valence-electron chi connectivity index (χ0n) is 22.6. The molecule has 0 aliphatic heterocycles. The van der Waals surface area contributed by atoms with Crippen LogP contribution >= 0.6 is 23.2 Å². The van der Waals surface area contributed by atoms with Gasteiger partial charge in [-0.2, -0.15) is 0 Å². The second kappa shape index (κ2) is 12.2. The van der Waals surface area contributed by atoms with Gasteiger partial charge in [-0.15, -0.1) is 20.5 Å². The Labute approximate surface area is 240 Å². The minimum absolute atomic E-state index is 0.0476. The number of rotatable bonds is 9. The molecule has 0 radical (unpaired) electrons. The van der Waals surface area contributed by atoms with Crippen molar-refractivity contribution in [2.75, 3.05) is 0 Å². The van der Waals surface area contributed by atoms with Gasteiger partial charge in [0, 0.05) is 45.7 Å². The first kappa shape index (κ1) is 29.2. The zero-order valence-corrected chi connectivity index (χ0v) is 24.1. The van der Waals surface area contributed by atoms with E-state index in [1.807, 2.05) is 27.7 Å². The fourth-order valence-electron chi connectivity index (χ4n) is 4.62. The molecule has 2 heterocycles. The van der Waals surface area contributed by atoms with Gasteiger partial charge >= 0.3 is 0 Å². The Morgan fingerprint density at radius 1 is 0.725 bits per heavy atom.